The highest BCUT2D eigenvalue weighted by molar-refractivity contribution is 14.1. The van der Waals surface area contributed by atoms with Crippen LogP contribution in [-0.4, -0.2) is 35.7 Å². The highest BCUT2D eigenvalue weighted by Gasteiger charge is 2.33. The summed E-state index contributed by atoms with van der Waals surface area (Å²) >= 11 is 1.46. The predicted octanol–water partition coefficient (Wildman–Crippen LogP) is 3.75. The first-order valence-electron chi connectivity index (χ1n) is 11.9. The van der Waals surface area contributed by atoms with Gasteiger partial charge in [-0.3, -0.25) is 10.5 Å². The van der Waals surface area contributed by atoms with E-state index in [1.54, 1.807) is 30.3 Å². The number of amides is 1. The molecule has 0 fully saturated rings. The van der Waals surface area contributed by atoms with Crippen molar-refractivity contribution in [2.24, 2.45) is 5.73 Å². The van der Waals surface area contributed by atoms with Crippen LogP contribution in [0.15, 0.2) is 89.8 Å². The van der Waals surface area contributed by atoms with Gasteiger partial charge in [0, 0.05) is 35.6 Å². The van der Waals surface area contributed by atoms with Crippen molar-refractivity contribution in [1.82, 2.24) is 10.0 Å². The highest BCUT2D eigenvalue weighted by Crippen LogP contribution is 2.26. The van der Waals surface area contributed by atoms with Gasteiger partial charge < -0.3 is 15.2 Å². The minimum atomic E-state index is -3.92. The lowest BCUT2D eigenvalue weighted by atomic mass is 10.0. The van der Waals surface area contributed by atoms with Gasteiger partial charge in [0.25, 0.3) is 0 Å². The van der Waals surface area contributed by atoms with Crippen LogP contribution in [0.1, 0.15) is 36.4 Å². The maximum Gasteiger partial charge on any atom is 0.374 e. The Morgan fingerprint density at radius 1 is 0.947 bits per heavy atom. The van der Waals surface area contributed by atoms with E-state index in [0.29, 0.717) is 12.1 Å². The Morgan fingerprint density at radius 3 is 2.16 bits per heavy atom. The third-order valence-corrected chi connectivity index (χ3v) is 7.81. The molecular weight excluding hydrogens is 621 g/mol. The summed E-state index contributed by atoms with van der Waals surface area (Å²) in [5.74, 6) is -1.47. The molecule has 3 rings (SSSR count). The first-order valence-corrected chi connectivity index (χ1v) is 14.5. The van der Waals surface area contributed by atoms with Crippen molar-refractivity contribution in [2.45, 2.75) is 40.4 Å². The summed E-state index contributed by atoms with van der Waals surface area (Å²) in [4.78, 5) is 24.1. The number of hydrogen-bond acceptors (Lipinski definition) is 6. The molecule has 38 heavy (non-hydrogen) atoms. The van der Waals surface area contributed by atoms with Crippen LogP contribution in [0.25, 0.3) is 0 Å². The van der Waals surface area contributed by atoms with Gasteiger partial charge in [0.1, 0.15) is 5.75 Å². The zero-order valence-corrected chi connectivity index (χ0v) is 23.5. The van der Waals surface area contributed by atoms with E-state index < -0.39 is 25.8 Å². The Labute approximate surface area is 236 Å². The molecule has 0 bridgehead atoms. The van der Waals surface area contributed by atoms with Gasteiger partial charge in [-0.1, -0.05) is 60.7 Å². The monoisotopic (exact) mass is 651 g/mol. The van der Waals surface area contributed by atoms with Crippen molar-refractivity contribution in [3.05, 3.63) is 96.1 Å². The summed E-state index contributed by atoms with van der Waals surface area (Å²) in [5, 5.41) is 12.0. The molecule has 0 saturated carbocycles. The zero-order valence-electron chi connectivity index (χ0n) is 20.5. The number of unbranched alkanes of at least 4 members (excludes halogenated alkanes) is 1. The van der Waals surface area contributed by atoms with Crippen molar-refractivity contribution in [3.8, 4) is 5.75 Å². The molecule has 5 N–H and O–H groups in total. The quantitative estimate of drug-likeness (QED) is 0.0683. The van der Waals surface area contributed by atoms with Crippen LogP contribution in [-0.2, 0) is 26.0 Å². The summed E-state index contributed by atoms with van der Waals surface area (Å²) in [6, 6.07) is 23.2. The Balaban J connectivity index is 1.67. The van der Waals surface area contributed by atoms with Crippen LogP contribution < -0.4 is 20.5 Å². The minimum Gasteiger partial charge on any atom is -0.477 e. The van der Waals surface area contributed by atoms with Gasteiger partial charge in [0.15, 0.2) is 0 Å². The third-order valence-electron chi connectivity index (χ3n) is 5.64. The predicted molar refractivity (Wildman–Crippen MR) is 152 cm³/mol. The topological polar surface area (TPSA) is 148 Å². The number of aryl methyl sites for hydroxylation is 1. The summed E-state index contributed by atoms with van der Waals surface area (Å²) in [5.41, 5.74) is 7.36. The Morgan fingerprint density at radius 2 is 1.55 bits per heavy atom. The molecule has 2 atom stereocenters. The summed E-state index contributed by atoms with van der Waals surface area (Å²) in [6.45, 7) is 0.472. The van der Waals surface area contributed by atoms with Gasteiger partial charge in [-0.2, -0.15) is 0 Å². The average Bonchev–Trinajstić information content (AvgIpc) is 2.89. The van der Waals surface area contributed by atoms with Crippen LogP contribution in [0.3, 0.4) is 0 Å². The van der Waals surface area contributed by atoms with E-state index >= 15 is 0 Å². The number of ether oxygens (including phenoxy) is 1. The molecule has 0 aliphatic carbocycles. The second kappa shape index (κ2) is 13.7. The number of nitrogens with one attached hydrogen (secondary N) is 2. The Hall–Kier alpha value is -3.00. The number of alkyl halides is 1. The highest BCUT2D eigenvalue weighted by atomic mass is 127. The first kappa shape index (κ1) is 29.6. The van der Waals surface area contributed by atoms with Gasteiger partial charge in [0.05, 0.1) is 10.9 Å². The number of sulfonamides is 1. The summed E-state index contributed by atoms with van der Waals surface area (Å²) < 4.78 is 32.0. The number of nitrogens with two attached hydrogens (primary N) is 1. The number of carbonyl (C=O) groups excluding carboxylic acids is 1. The smallest absolute Gasteiger partial charge is 0.374 e. The molecule has 11 heteroatoms. The molecule has 0 aliphatic rings. The zero-order chi connectivity index (χ0) is 27.6. The van der Waals surface area contributed by atoms with Crippen molar-refractivity contribution in [3.63, 3.8) is 0 Å². The standard InChI is InChI=1S/C27H30IN3O6S/c28-27(29,26(33)34)37-22-16-14-21(15-17-22)24(31-38(35,36)23-12-5-2-6-13-23)19-25(32)30-18-8-7-11-20-9-3-1-4-10-20/h1-6,9-10,12-17,24,31H,7-8,11,18-19,29H2,(H,30,32)(H,33,34). The summed E-state index contributed by atoms with van der Waals surface area (Å²) in [6.07, 6.45) is 2.47. The molecule has 3 aromatic carbocycles. The molecule has 0 saturated heterocycles. The number of carboxylic acids is 1. The lowest BCUT2D eigenvalue weighted by molar-refractivity contribution is -0.146. The summed E-state index contributed by atoms with van der Waals surface area (Å²) in [7, 11) is -3.92. The van der Waals surface area contributed by atoms with Crippen LogP contribution in [0.2, 0.25) is 0 Å². The Bertz CT molecular complexity index is 1300. The largest absolute Gasteiger partial charge is 0.477 e. The number of carbonyl (C=O) groups is 2. The number of aliphatic carboxylic acids is 1. The lowest BCUT2D eigenvalue weighted by Crippen LogP contribution is -2.47. The van der Waals surface area contributed by atoms with Crippen LogP contribution in [0.5, 0.6) is 5.75 Å². The molecule has 3 aromatic rings. The SMILES string of the molecule is NC(I)(Oc1ccc(C(CC(=O)NCCCCc2ccccc2)NS(=O)(=O)c2ccccc2)cc1)C(=O)O. The number of rotatable bonds is 14. The average molecular weight is 652 g/mol. The second-order valence-electron chi connectivity index (χ2n) is 8.60. The minimum absolute atomic E-state index is 0.0746. The number of hydrogen-bond donors (Lipinski definition) is 4. The van der Waals surface area contributed by atoms with E-state index in [9.17, 15) is 18.0 Å². The van der Waals surface area contributed by atoms with E-state index in [-0.39, 0.29) is 23.0 Å². The number of carboxylic acid groups (broad SMARTS) is 1. The van der Waals surface area contributed by atoms with Gasteiger partial charge >= 0.3 is 9.70 Å². The molecular formula is C27H30IN3O6S. The Kier molecular flexibility index (Phi) is 10.6. The normalized spacial score (nSPS) is 13.7. The molecule has 1 amide bonds. The van der Waals surface area contributed by atoms with E-state index in [1.807, 2.05) is 18.2 Å². The molecule has 0 aromatic heterocycles. The second-order valence-corrected chi connectivity index (χ2v) is 11.9. The molecule has 9 nitrogen and oxygen atoms in total. The number of benzene rings is 3. The molecule has 0 radical (unpaired) electrons. The fraction of sp³-hybridized carbons (Fsp3) is 0.259. The van der Waals surface area contributed by atoms with Crippen molar-refractivity contribution < 1.29 is 27.9 Å². The van der Waals surface area contributed by atoms with Gasteiger partial charge in [-0.25, -0.2) is 17.9 Å². The van der Waals surface area contributed by atoms with Crippen molar-refractivity contribution >= 4 is 44.5 Å². The van der Waals surface area contributed by atoms with Crippen molar-refractivity contribution in [1.29, 1.82) is 0 Å². The van der Waals surface area contributed by atoms with Crippen LogP contribution in [0, 0.1) is 0 Å². The van der Waals surface area contributed by atoms with E-state index in [1.165, 1.54) is 52.4 Å². The molecule has 0 heterocycles. The maximum absolute atomic E-state index is 13.0. The molecule has 0 aliphatic heterocycles. The first-order chi connectivity index (χ1) is 18.1. The van der Waals surface area contributed by atoms with E-state index in [0.717, 1.165) is 19.3 Å². The van der Waals surface area contributed by atoms with E-state index in [4.69, 9.17) is 15.6 Å². The fourth-order valence-corrected chi connectivity index (χ4v) is 5.15. The van der Waals surface area contributed by atoms with Gasteiger partial charge in [0.2, 0.25) is 15.9 Å². The maximum atomic E-state index is 13.0. The molecule has 202 valence electrons. The number of halogens is 1. The third kappa shape index (κ3) is 9.08. The molecule has 0 spiro atoms. The van der Waals surface area contributed by atoms with Gasteiger partial charge in [-0.05, 0) is 54.7 Å². The van der Waals surface area contributed by atoms with Crippen LogP contribution in [0.4, 0.5) is 0 Å². The lowest BCUT2D eigenvalue weighted by Gasteiger charge is -2.21. The van der Waals surface area contributed by atoms with Crippen LogP contribution >= 0.6 is 22.6 Å². The van der Waals surface area contributed by atoms with Gasteiger partial charge in [-0.15, -0.1) is 0 Å². The fourth-order valence-electron chi connectivity index (χ4n) is 3.65. The molecule has 2 unspecified atom stereocenters. The van der Waals surface area contributed by atoms with Crippen molar-refractivity contribution in [2.75, 3.05) is 6.54 Å². The van der Waals surface area contributed by atoms with E-state index in [2.05, 4.69) is 22.2 Å².